The summed E-state index contributed by atoms with van der Waals surface area (Å²) in [5, 5.41) is 16.3. The molecule has 3 N–H and O–H groups in total. The number of nitrogens with zero attached hydrogens (tertiary/aromatic N) is 1. The number of nitrogens with one attached hydrogen (secondary N) is 2. The van der Waals surface area contributed by atoms with Crippen LogP contribution in [0.15, 0.2) is 18.2 Å². The first-order chi connectivity index (χ1) is 17.9. The Labute approximate surface area is 224 Å². The molecule has 4 bridgehead atoms. The molecular weight excluding hydrogens is 490 g/mol. The minimum Gasteiger partial charge on any atom is -0.493 e. The van der Waals surface area contributed by atoms with Crippen molar-refractivity contribution < 1.29 is 33.7 Å². The highest BCUT2D eigenvalue weighted by atomic mass is 16.6. The van der Waals surface area contributed by atoms with Crippen molar-refractivity contribution in [3.05, 3.63) is 29.3 Å². The molecule has 3 aliphatic heterocycles. The zero-order valence-corrected chi connectivity index (χ0v) is 23.0. The lowest BCUT2D eigenvalue weighted by Gasteiger charge is -2.34. The fourth-order valence-corrected chi connectivity index (χ4v) is 5.14. The molecule has 0 aliphatic carbocycles. The van der Waals surface area contributed by atoms with Crippen LogP contribution in [-0.2, 0) is 14.3 Å². The number of aliphatic hydroxyl groups is 1. The number of hydrogen-bond donors (Lipinski definition) is 3. The Morgan fingerprint density at radius 2 is 1.95 bits per heavy atom. The van der Waals surface area contributed by atoms with E-state index in [0.29, 0.717) is 37.2 Å². The van der Waals surface area contributed by atoms with Crippen LogP contribution in [0.3, 0.4) is 0 Å². The smallest absolute Gasteiger partial charge is 0.411 e. The Balaban J connectivity index is 1.63. The summed E-state index contributed by atoms with van der Waals surface area (Å²) in [5.41, 5.74) is 0.710. The standard InChI is InChI=1S/C28H41N3O7/c1-16(2)17-6-8-20-23(12-17)36-11-10-19-7-9-22(32)24(37-19)14-29-26(34)21-13-18(30-25(20)33)15-31(21)27(35)38-28(3,4)5/h6,8,12,16,18-19,21-22,24,32H,7,9-11,13-15H2,1-5H3,(H,29,34)(H,30,33)/t18-,19-,21-,22-,24+/m0/s1. The molecule has 0 radical (unpaired) electrons. The second kappa shape index (κ2) is 11.5. The number of fused-ring (bicyclic) bond motifs is 5. The molecule has 2 fully saturated rings. The predicted molar refractivity (Wildman–Crippen MR) is 140 cm³/mol. The zero-order valence-electron chi connectivity index (χ0n) is 23.0. The van der Waals surface area contributed by atoms with E-state index >= 15 is 0 Å². The van der Waals surface area contributed by atoms with Crippen LogP contribution in [0.5, 0.6) is 5.75 Å². The SMILES string of the molecule is CC(C)c1ccc2c(c1)OCC[C@@H]1CC[C@H](O)[C@@H](CNC(=O)[C@@H]3C[C@@H](CN3C(=O)OC(C)(C)C)NC2=O)O1. The molecule has 210 valence electrons. The van der Waals surface area contributed by atoms with Crippen molar-refractivity contribution >= 4 is 17.9 Å². The van der Waals surface area contributed by atoms with Crippen molar-refractivity contribution in [2.75, 3.05) is 19.7 Å². The maximum Gasteiger partial charge on any atom is 0.411 e. The molecule has 38 heavy (non-hydrogen) atoms. The van der Waals surface area contributed by atoms with Crippen LogP contribution in [0.4, 0.5) is 4.79 Å². The van der Waals surface area contributed by atoms with Crippen LogP contribution in [0.1, 0.15) is 82.1 Å². The third-order valence-electron chi connectivity index (χ3n) is 7.24. The molecule has 3 aliphatic rings. The van der Waals surface area contributed by atoms with E-state index in [-0.39, 0.29) is 43.3 Å². The molecule has 3 heterocycles. The molecule has 0 spiro atoms. The third-order valence-corrected chi connectivity index (χ3v) is 7.24. The van der Waals surface area contributed by atoms with Crippen LogP contribution in [0, 0.1) is 0 Å². The van der Waals surface area contributed by atoms with Gasteiger partial charge in [-0.15, -0.1) is 0 Å². The molecule has 2 saturated heterocycles. The highest BCUT2D eigenvalue weighted by Crippen LogP contribution is 2.28. The summed E-state index contributed by atoms with van der Waals surface area (Å²) in [4.78, 5) is 41.0. The predicted octanol–water partition coefficient (Wildman–Crippen LogP) is 2.72. The minimum atomic E-state index is -0.835. The minimum absolute atomic E-state index is 0.119. The summed E-state index contributed by atoms with van der Waals surface area (Å²) in [7, 11) is 0. The largest absolute Gasteiger partial charge is 0.493 e. The van der Waals surface area contributed by atoms with Gasteiger partial charge in [0.2, 0.25) is 5.91 Å². The van der Waals surface area contributed by atoms with E-state index in [1.165, 1.54) is 4.90 Å². The molecule has 0 saturated carbocycles. The Bertz CT molecular complexity index is 1040. The molecule has 10 nitrogen and oxygen atoms in total. The number of ether oxygens (including phenoxy) is 3. The second-order valence-corrected chi connectivity index (χ2v) is 11.8. The molecule has 3 amide bonds. The first-order valence-electron chi connectivity index (χ1n) is 13.6. The van der Waals surface area contributed by atoms with Gasteiger partial charge in [-0.25, -0.2) is 4.79 Å². The van der Waals surface area contributed by atoms with Gasteiger partial charge < -0.3 is 30.0 Å². The molecule has 4 rings (SSSR count). The average Bonchev–Trinajstić information content (AvgIpc) is 3.26. The fraction of sp³-hybridized carbons (Fsp3) is 0.679. The summed E-state index contributed by atoms with van der Waals surface area (Å²) in [6, 6.07) is 4.28. The number of hydrogen-bond acceptors (Lipinski definition) is 7. The van der Waals surface area contributed by atoms with E-state index in [9.17, 15) is 19.5 Å². The van der Waals surface area contributed by atoms with Crippen molar-refractivity contribution in [2.45, 2.75) is 102 Å². The average molecular weight is 532 g/mol. The lowest BCUT2D eigenvalue weighted by molar-refractivity contribution is -0.133. The maximum absolute atomic E-state index is 13.4. The molecule has 10 heteroatoms. The Morgan fingerprint density at radius 1 is 1.18 bits per heavy atom. The van der Waals surface area contributed by atoms with Gasteiger partial charge >= 0.3 is 6.09 Å². The van der Waals surface area contributed by atoms with Crippen LogP contribution >= 0.6 is 0 Å². The van der Waals surface area contributed by atoms with Gasteiger partial charge in [0.1, 0.15) is 23.5 Å². The molecule has 0 aromatic heterocycles. The zero-order chi connectivity index (χ0) is 27.6. The lowest BCUT2D eigenvalue weighted by atomic mass is 9.99. The van der Waals surface area contributed by atoms with Gasteiger partial charge in [-0.2, -0.15) is 0 Å². The Hall–Kier alpha value is -2.85. The Morgan fingerprint density at radius 3 is 2.66 bits per heavy atom. The monoisotopic (exact) mass is 531 g/mol. The van der Waals surface area contributed by atoms with Gasteiger partial charge in [-0.3, -0.25) is 14.5 Å². The first kappa shape index (κ1) is 28.2. The highest BCUT2D eigenvalue weighted by molar-refractivity contribution is 5.97. The van der Waals surface area contributed by atoms with Crippen LogP contribution in [0.25, 0.3) is 0 Å². The second-order valence-electron chi connectivity index (χ2n) is 11.8. The van der Waals surface area contributed by atoms with Crippen LogP contribution < -0.4 is 15.4 Å². The lowest BCUT2D eigenvalue weighted by Crippen LogP contribution is -2.51. The van der Waals surface area contributed by atoms with Crippen molar-refractivity contribution in [1.29, 1.82) is 0 Å². The topological polar surface area (TPSA) is 126 Å². The third kappa shape index (κ3) is 6.77. The quantitative estimate of drug-likeness (QED) is 0.509. The van der Waals surface area contributed by atoms with E-state index in [4.69, 9.17) is 14.2 Å². The van der Waals surface area contributed by atoms with Gasteiger partial charge in [0.25, 0.3) is 5.91 Å². The molecule has 1 aromatic rings. The van der Waals surface area contributed by atoms with Crippen molar-refractivity contribution in [2.24, 2.45) is 0 Å². The van der Waals surface area contributed by atoms with E-state index in [1.807, 2.05) is 12.1 Å². The number of rotatable bonds is 1. The van der Waals surface area contributed by atoms with Gasteiger partial charge in [-0.1, -0.05) is 19.9 Å². The number of carbonyl (C=O) groups is 3. The molecule has 0 unspecified atom stereocenters. The summed E-state index contributed by atoms with van der Waals surface area (Å²) in [5.74, 6) is 0.0508. The normalized spacial score (nSPS) is 28.7. The summed E-state index contributed by atoms with van der Waals surface area (Å²) in [6.07, 6.45) is 0.0211. The van der Waals surface area contributed by atoms with Crippen molar-refractivity contribution in [1.82, 2.24) is 15.5 Å². The van der Waals surface area contributed by atoms with Gasteiger partial charge in [-0.05, 0) is 63.6 Å². The van der Waals surface area contributed by atoms with Gasteiger partial charge in [0, 0.05) is 25.6 Å². The van der Waals surface area contributed by atoms with E-state index < -0.39 is 36.0 Å². The summed E-state index contributed by atoms with van der Waals surface area (Å²) in [6.45, 7) is 10.0. The Kier molecular flexibility index (Phi) is 8.52. The summed E-state index contributed by atoms with van der Waals surface area (Å²) < 4.78 is 17.8. The molecular formula is C28H41N3O7. The summed E-state index contributed by atoms with van der Waals surface area (Å²) >= 11 is 0. The van der Waals surface area contributed by atoms with Crippen molar-refractivity contribution in [3.8, 4) is 5.75 Å². The number of benzene rings is 1. The van der Waals surface area contributed by atoms with Crippen LogP contribution in [-0.4, -0.2) is 83.6 Å². The fourth-order valence-electron chi connectivity index (χ4n) is 5.14. The van der Waals surface area contributed by atoms with E-state index in [2.05, 4.69) is 24.5 Å². The number of amides is 3. The van der Waals surface area contributed by atoms with E-state index in [1.54, 1.807) is 26.8 Å². The van der Waals surface area contributed by atoms with Crippen molar-refractivity contribution in [3.63, 3.8) is 0 Å². The first-order valence-corrected chi connectivity index (χ1v) is 13.6. The maximum atomic E-state index is 13.4. The van der Waals surface area contributed by atoms with Gasteiger partial charge in [0.05, 0.1) is 24.4 Å². The van der Waals surface area contributed by atoms with Gasteiger partial charge in [0.15, 0.2) is 0 Å². The molecule has 1 aromatic carbocycles. The highest BCUT2D eigenvalue weighted by Gasteiger charge is 2.43. The number of likely N-dealkylation sites (tertiary alicyclic amines) is 1. The molecule has 5 atom stereocenters. The number of aliphatic hydroxyl groups excluding tert-OH is 1. The van der Waals surface area contributed by atoms with Crippen LogP contribution in [0.2, 0.25) is 0 Å². The number of carbonyl (C=O) groups excluding carboxylic acids is 3. The van der Waals surface area contributed by atoms with E-state index in [0.717, 1.165) is 5.56 Å².